The Balaban J connectivity index is 1.59. The monoisotopic (exact) mass is 477 g/mol. The van der Waals surface area contributed by atoms with Crippen LogP contribution in [0.1, 0.15) is 18.3 Å². The van der Waals surface area contributed by atoms with E-state index in [1.54, 1.807) is 18.2 Å². The summed E-state index contributed by atoms with van der Waals surface area (Å²) in [5, 5.41) is 15.3. The van der Waals surface area contributed by atoms with Crippen LogP contribution in [0.4, 0.5) is 11.4 Å². The Morgan fingerprint density at radius 3 is 2.48 bits per heavy atom. The molecule has 1 aromatic heterocycles. The Morgan fingerprint density at radius 1 is 1.03 bits per heavy atom. The van der Waals surface area contributed by atoms with Gasteiger partial charge in [0.25, 0.3) is 0 Å². The smallest absolute Gasteiger partial charge is 0.234 e. The second kappa shape index (κ2) is 10.7. The van der Waals surface area contributed by atoms with E-state index in [0.29, 0.717) is 33.3 Å². The Hall–Kier alpha value is -2.55. The highest BCUT2D eigenvalue weighted by atomic mass is 35.5. The van der Waals surface area contributed by atoms with Crippen LogP contribution in [0.5, 0.6) is 0 Å². The third kappa shape index (κ3) is 6.46. The molecule has 2 amide bonds. The number of rotatable bonds is 8. The number of amides is 2. The normalized spacial score (nSPS) is 10.7. The third-order valence-electron chi connectivity index (χ3n) is 4.30. The Morgan fingerprint density at radius 2 is 1.77 bits per heavy atom. The van der Waals surface area contributed by atoms with Crippen LogP contribution >= 0.6 is 35.0 Å². The molecule has 10 heteroatoms. The summed E-state index contributed by atoms with van der Waals surface area (Å²) in [7, 11) is 0. The van der Waals surface area contributed by atoms with Crippen LogP contribution in [0.15, 0.2) is 47.6 Å². The van der Waals surface area contributed by atoms with Crippen LogP contribution < -0.4 is 10.6 Å². The minimum Gasteiger partial charge on any atom is -0.326 e. The van der Waals surface area contributed by atoms with E-state index in [0.717, 1.165) is 11.3 Å². The first-order chi connectivity index (χ1) is 14.9. The lowest BCUT2D eigenvalue weighted by Crippen LogP contribution is -2.18. The summed E-state index contributed by atoms with van der Waals surface area (Å²) in [6.45, 7) is 4.49. The van der Waals surface area contributed by atoms with Crippen LogP contribution in [0.2, 0.25) is 10.0 Å². The molecule has 2 N–H and O–H groups in total. The fourth-order valence-electron chi connectivity index (χ4n) is 2.77. The molecule has 162 valence electrons. The number of carbonyl (C=O) groups excluding carboxylic acids is 2. The number of aryl methyl sites for hydroxylation is 1. The second-order valence-corrected chi connectivity index (χ2v) is 8.48. The lowest BCUT2D eigenvalue weighted by Gasteiger charge is -2.09. The lowest BCUT2D eigenvalue weighted by atomic mass is 10.2. The molecule has 0 bridgehead atoms. The average Bonchev–Trinajstić information content (AvgIpc) is 3.12. The molecule has 1 heterocycles. The molecule has 0 atom stereocenters. The number of anilines is 2. The van der Waals surface area contributed by atoms with Gasteiger partial charge < -0.3 is 15.2 Å². The van der Waals surface area contributed by atoms with Gasteiger partial charge in [0.1, 0.15) is 5.82 Å². The minimum absolute atomic E-state index is 0.0829. The molecule has 0 spiro atoms. The summed E-state index contributed by atoms with van der Waals surface area (Å²) in [5.41, 5.74) is 2.29. The fourth-order valence-corrected chi connectivity index (χ4v) is 3.93. The van der Waals surface area contributed by atoms with Crippen molar-refractivity contribution in [1.29, 1.82) is 0 Å². The van der Waals surface area contributed by atoms with E-state index in [-0.39, 0.29) is 24.0 Å². The molecule has 0 aliphatic rings. The van der Waals surface area contributed by atoms with Crippen molar-refractivity contribution in [3.63, 3.8) is 0 Å². The molecule has 0 fully saturated rings. The van der Waals surface area contributed by atoms with Gasteiger partial charge in [0.05, 0.1) is 22.9 Å². The highest BCUT2D eigenvalue weighted by molar-refractivity contribution is 7.99. The molecule has 0 radical (unpaired) electrons. The van der Waals surface area contributed by atoms with Gasteiger partial charge >= 0.3 is 0 Å². The predicted octanol–water partition coefficient (Wildman–Crippen LogP) is 4.83. The van der Waals surface area contributed by atoms with Crippen LogP contribution in [0.3, 0.4) is 0 Å². The Labute approximate surface area is 194 Å². The van der Waals surface area contributed by atoms with Gasteiger partial charge in [-0.25, -0.2) is 0 Å². The molecule has 0 aliphatic heterocycles. The molecular weight excluding hydrogens is 457 g/mol. The van der Waals surface area contributed by atoms with Crippen molar-refractivity contribution in [3.8, 4) is 0 Å². The van der Waals surface area contributed by atoms with E-state index in [4.69, 9.17) is 23.2 Å². The minimum atomic E-state index is -0.251. The van der Waals surface area contributed by atoms with Gasteiger partial charge in [0, 0.05) is 17.3 Å². The van der Waals surface area contributed by atoms with Crippen LogP contribution in [0.25, 0.3) is 0 Å². The van der Waals surface area contributed by atoms with Crippen molar-refractivity contribution in [3.05, 3.63) is 63.9 Å². The first-order valence-corrected chi connectivity index (χ1v) is 11.3. The van der Waals surface area contributed by atoms with E-state index >= 15 is 0 Å². The molecule has 31 heavy (non-hydrogen) atoms. The standard InChI is InChI=1S/C21H21Cl2N5O2S/c1-3-28-18(11-19(29)24-15-7-4-13(2)5-8-15)26-27-21(28)31-12-20(30)25-17-10-14(22)6-9-16(17)23/h4-10H,3,11-12H2,1-2H3,(H,24,29)(H,25,30). The highest BCUT2D eigenvalue weighted by Gasteiger charge is 2.16. The van der Waals surface area contributed by atoms with Crippen molar-refractivity contribution in [2.24, 2.45) is 0 Å². The van der Waals surface area contributed by atoms with Gasteiger partial charge in [0.15, 0.2) is 5.16 Å². The van der Waals surface area contributed by atoms with Crippen LogP contribution in [-0.2, 0) is 22.6 Å². The summed E-state index contributed by atoms with van der Waals surface area (Å²) >= 11 is 13.3. The molecule has 0 saturated carbocycles. The number of aromatic nitrogens is 3. The van der Waals surface area contributed by atoms with Crippen LogP contribution in [0, 0.1) is 6.92 Å². The summed E-state index contributed by atoms with van der Waals surface area (Å²) in [6, 6.07) is 12.4. The second-order valence-electron chi connectivity index (χ2n) is 6.70. The quantitative estimate of drug-likeness (QED) is 0.453. The fraction of sp³-hybridized carbons (Fsp3) is 0.238. The molecule has 2 aromatic carbocycles. The predicted molar refractivity (Wildman–Crippen MR) is 125 cm³/mol. The summed E-state index contributed by atoms with van der Waals surface area (Å²) in [4.78, 5) is 24.7. The van der Waals surface area contributed by atoms with Gasteiger partial charge in [0.2, 0.25) is 11.8 Å². The molecule has 0 unspecified atom stereocenters. The van der Waals surface area contributed by atoms with Crippen LogP contribution in [-0.4, -0.2) is 32.3 Å². The number of benzene rings is 2. The lowest BCUT2D eigenvalue weighted by molar-refractivity contribution is -0.116. The number of halogens is 2. The molecule has 3 rings (SSSR count). The zero-order valence-electron chi connectivity index (χ0n) is 17.0. The van der Waals surface area contributed by atoms with Gasteiger partial charge in [-0.3, -0.25) is 9.59 Å². The maximum Gasteiger partial charge on any atom is 0.234 e. The molecule has 0 aliphatic carbocycles. The summed E-state index contributed by atoms with van der Waals surface area (Å²) in [6.07, 6.45) is 0.0829. The van der Waals surface area contributed by atoms with Gasteiger partial charge in [-0.2, -0.15) is 0 Å². The third-order valence-corrected chi connectivity index (χ3v) is 5.83. The number of nitrogens with one attached hydrogen (secondary N) is 2. The van der Waals surface area contributed by atoms with E-state index in [1.807, 2.05) is 42.7 Å². The van der Waals surface area contributed by atoms with Crippen molar-refractivity contribution in [2.75, 3.05) is 16.4 Å². The zero-order valence-corrected chi connectivity index (χ0v) is 19.3. The number of carbonyl (C=O) groups is 2. The first-order valence-electron chi connectivity index (χ1n) is 9.52. The van der Waals surface area contributed by atoms with Gasteiger partial charge in [-0.15, -0.1) is 10.2 Å². The molecule has 3 aromatic rings. The number of hydrogen-bond donors (Lipinski definition) is 2. The first kappa shape index (κ1) is 23.1. The number of nitrogens with zero attached hydrogens (tertiary/aromatic N) is 3. The van der Waals surface area contributed by atoms with Crippen molar-refractivity contribution in [2.45, 2.75) is 32.0 Å². The summed E-state index contributed by atoms with van der Waals surface area (Å²) < 4.78 is 1.82. The topological polar surface area (TPSA) is 88.9 Å². The Bertz CT molecular complexity index is 1090. The number of hydrogen-bond acceptors (Lipinski definition) is 5. The average molecular weight is 478 g/mol. The van der Waals surface area contributed by atoms with Gasteiger partial charge in [-0.05, 0) is 44.2 Å². The SMILES string of the molecule is CCn1c(CC(=O)Nc2ccc(C)cc2)nnc1SCC(=O)Nc1cc(Cl)ccc1Cl. The highest BCUT2D eigenvalue weighted by Crippen LogP contribution is 2.26. The van der Waals surface area contributed by atoms with E-state index in [2.05, 4.69) is 20.8 Å². The Kier molecular flexibility index (Phi) is 7.95. The maximum atomic E-state index is 12.4. The molecule has 0 saturated heterocycles. The van der Waals surface area contributed by atoms with Crippen molar-refractivity contribution in [1.82, 2.24) is 14.8 Å². The maximum absolute atomic E-state index is 12.4. The summed E-state index contributed by atoms with van der Waals surface area (Å²) in [5.74, 6) is 0.207. The van der Waals surface area contributed by atoms with E-state index in [1.165, 1.54) is 11.8 Å². The van der Waals surface area contributed by atoms with Crippen molar-refractivity contribution < 1.29 is 9.59 Å². The largest absolute Gasteiger partial charge is 0.326 e. The van der Waals surface area contributed by atoms with E-state index < -0.39 is 0 Å². The zero-order chi connectivity index (χ0) is 22.4. The molecule has 7 nitrogen and oxygen atoms in total. The van der Waals surface area contributed by atoms with Crippen molar-refractivity contribution >= 4 is 58.2 Å². The van der Waals surface area contributed by atoms with E-state index in [9.17, 15) is 9.59 Å². The molecular formula is C21H21Cl2N5O2S. The van der Waals surface area contributed by atoms with Gasteiger partial charge in [-0.1, -0.05) is 52.7 Å². The number of thioether (sulfide) groups is 1.